The molecule has 0 amide bonds. The normalized spacial score (nSPS) is 22.4. The highest BCUT2D eigenvalue weighted by atomic mass is 32.2. The van der Waals surface area contributed by atoms with Gasteiger partial charge in [0.15, 0.2) is 0 Å². The van der Waals surface area contributed by atoms with Crippen molar-refractivity contribution in [3.63, 3.8) is 0 Å². The van der Waals surface area contributed by atoms with Crippen molar-refractivity contribution in [2.24, 2.45) is 5.73 Å². The summed E-state index contributed by atoms with van der Waals surface area (Å²) in [6.45, 7) is 0.578. The van der Waals surface area contributed by atoms with Gasteiger partial charge in [0.2, 0.25) is 0 Å². The lowest BCUT2D eigenvalue weighted by Gasteiger charge is -2.03. The summed E-state index contributed by atoms with van der Waals surface area (Å²) in [7, 11) is 0. The van der Waals surface area contributed by atoms with Crippen LogP contribution in [0, 0.1) is 0 Å². The van der Waals surface area contributed by atoms with Crippen molar-refractivity contribution < 1.29 is 0 Å². The van der Waals surface area contributed by atoms with Crippen molar-refractivity contribution in [3.05, 3.63) is 16.1 Å². The van der Waals surface area contributed by atoms with E-state index < -0.39 is 0 Å². The molecule has 0 aliphatic carbocycles. The molecule has 2 N–H and O–H groups in total. The van der Waals surface area contributed by atoms with Gasteiger partial charge in [0, 0.05) is 23.6 Å². The Morgan fingerprint density at radius 1 is 1.62 bits per heavy atom. The molecular weight excluding hydrogens is 200 g/mol. The standard InChI is InChI=1S/C9H14N2S2/c10-5-7-6-13-9(11-7)4-8-2-1-3-12-8/h6,8H,1-5,10H2. The predicted molar refractivity (Wildman–Crippen MR) is 59.2 cm³/mol. The molecule has 1 atom stereocenters. The second-order valence-electron chi connectivity index (χ2n) is 3.28. The maximum absolute atomic E-state index is 5.51. The van der Waals surface area contributed by atoms with Crippen molar-refractivity contribution in [2.75, 3.05) is 5.75 Å². The van der Waals surface area contributed by atoms with E-state index in [4.69, 9.17) is 5.73 Å². The molecule has 4 heteroatoms. The minimum Gasteiger partial charge on any atom is -0.325 e. The zero-order valence-corrected chi connectivity index (χ0v) is 9.16. The van der Waals surface area contributed by atoms with Gasteiger partial charge in [-0.3, -0.25) is 0 Å². The van der Waals surface area contributed by atoms with E-state index in [1.54, 1.807) is 11.3 Å². The van der Waals surface area contributed by atoms with Crippen molar-refractivity contribution in [2.45, 2.75) is 31.1 Å². The molecule has 0 radical (unpaired) electrons. The summed E-state index contributed by atoms with van der Waals surface area (Å²) in [5, 5.41) is 4.16. The Bertz CT molecular complexity index is 266. The van der Waals surface area contributed by atoms with Gasteiger partial charge in [-0.15, -0.1) is 11.3 Å². The molecule has 0 bridgehead atoms. The van der Waals surface area contributed by atoms with E-state index in [1.807, 2.05) is 0 Å². The van der Waals surface area contributed by atoms with Crippen LogP contribution in [0.4, 0.5) is 0 Å². The Morgan fingerprint density at radius 2 is 2.54 bits per heavy atom. The molecule has 1 unspecified atom stereocenters. The summed E-state index contributed by atoms with van der Waals surface area (Å²) >= 11 is 3.85. The van der Waals surface area contributed by atoms with Gasteiger partial charge in [0.1, 0.15) is 0 Å². The summed E-state index contributed by atoms with van der Waals surface area (Å²) < 4.78 is 0. The quantitative estimate of drug-likeness (QED) is 0.837. The third kappa shape index (κ3) is 2.45. The van der Waals surface area contributed by atoms with Crippen LogP contribution < -0.4 is 5.73 Å². The fourth-order valence-electron chi connectivity index (χ4n) is 1.54. The molecule has 13 heavy (non-hydrogen) atoms. The van der Waals surface area contributed by atoms with Crippen LogP contribution in [0.3, 0.4) is 0 Å². The molecule has 0 saturated carbocycles. The molecule has 1 saturated heterocycles. The highest BCUT2D eigenvalue weighted by molar-refractivity contribution is 8.00. The molecule has 0 aromatic carbocycles. The number of thioether (sulfide) groups is 1. The Balaban J connectivity index is 1.92. The molecule has 1 aliphatic heterocycles. The van der Waals surface area contributed by atoms with Crippen LogP contribution in [-0.2, 0) is 13.0 Å². The average molecular weight is 214 g/mol. The highest BCUT2D eigenvalue weighted by Gasteiger charge is 2.17. The van der Waals surface area contributed by atoms with Crippen molar-refractivity contribution >= 4 is 23.1 Å². The van der Waals surface area contributed by atoms with E-state index in [9.17, 15) is 0 Å². The Labute approximate surface area is 86.9 Å². The van der Waals surface area contributed by atoms with Crippen LogP contribution in [0.25, 0.3) is 0 Å². The third-order valence-electron chi connectivity index (χ3n) is 2.23. The summed E-state index contributed by atoms with van der Waals surface area (Å²) in [5.74, 6) is 1.33. The molecular formula is C9H14N2S2. The van der Waals surface area contributed by atoms with Crippen LogP contribution in [0.15, 0.2) is 5.38 Å². The molecule has 1 aromatic heterocycles. The predicted octanol–water partition coefficient (Wildman–Crippen LogP) is 2.04. The Kier molecular flexibility index (Phi) is 3.24. The van der Waals surface area contributed by atoms with E-state index in [0.29, 0.717) is 6.54 Å². The van der Waals surface area contributed by atoms with Crippen LogP contribution in [0.5, 0.6) is 0 Å². The number of nitrogens with zero attached hydrogens (tertiary/aromatic N) is 1. The van der Waals surface area contributed by atoms with E-state index in [-0.39, 0.29) is 0 Å². The van der Waals surface area contributed by atoms with E-state index >= 15 is 0 Å². The second kappa shape index (κ2) is 4.44. The van der Waals surface area contributed by atoms with Crippen molar-refractivity contribution in [3.8, 4) is 0 Å². The molecule has 1 aliphatic rings. The zero-order chi connectivity index (χ0) is 9.10. The number of thiazole rings is 1. The lowest BCUT2D eigenvalue weighted by molar-refractivity contribution is 0.770. The van der Waals surface area contributed by atoms with Crippen LogP contribution in [0.1, 0.15) is 23.5 Å². The molecule has 1 fully saturated rings. The number of hydrogen-bond acceptors (Lipinski definition) is 4. The number of hydrogen-bond donors (Lipinski definition) is 1. The Morgan fingerprint density at radius 3 is 3.15 bits per heavy atom. The minimum atomic E-state index is 0.578. The lowest BCUT2D eigenvalue weighted by atomic mass is 10.2. The number of nitrogens with two attached hydrogens (primary N) is 1. The third-order valence-corrected chi connectivity index (χ3v) is 4.55. The topological polar surface area (TPSA) is 38.9 Å². The van der Waals surface area contributed by atoms with E-state index in [2.05, 4.69) is 22.1 Å². The van der Waals surface area contributed by atoms with E-state index in [0.717, 1.165) is 17.4 Å². The molecule has 2 nitrogen and oxygen atoms in total. The summed E-state index contributed by atoms with van der Waals surface area (Å²) in [6.07, 6.45) is 3.89. The van der Waals surface area contributed by atoms with Crippen LogP contribution in [-0.4, -0.2) is 16.0 Å². The first-order valence-corrected chi connectivity index (χ1v) is 6.56. The second-order valence-corrected chi connectivity index (χ2v) is 5.63. The molecule has 0 spiro atoms. The van der Waals surface area contributed by atoms with Gasteiger partial charge in [-0.25, -0.2) is 4.98 Å². The largest absolute Gasteiger partial charge is 0.325 e. The SMILES string of the molecule is NCc1csc(CC2CCCS2)n1. The van der Waals surface area contributed by atoms with E-state index in [1.165, 1.54) is 23.6 Å². The summed E-state index contributed by atoms with van der Waals surface area (Å²) in [4.78, 5) is 4.47. The lowest BCUT2D eigenvalue weighted by Crippen LogP contribution is -2.02. The molecule has 72 valence electrons. The highest BCUT2D eigenvalue weighted by Crippen LogP contribution is 2.29. The monoisotopic (exact) mass is 214 g/mol. The van der Waals surface area contributed by atoms with Gasteiger partial charge in [0.05, 0.1) is 10.7 Å². The number of aromatic nitrogens is 1. The fraction of sp³-hybridized carbons (Fsp3) is 0.667. The van der Waals surface area contributed by atoms with Crippen molar-refractivity contribution in [1.82, 2.24) is 4.98 Å². The number of rotatable bonds is 3. The van der Waals surface area contributed by atoms with Gasteiger partial charge in [-0.05, 0) is 18.6 Å². The van der Waals surface area contributed by atoms with Crippen molar-refractivity contribution in [1.29, 1.82) is 0 Å². The fourth-order valence-corrected chi connectivity index (χ4v) is 3.81. The summed E-state index contributed by atoms with van der Waals surface area (Å²) in [5.41, 5.74) is 6.55. The molecule has 2 heterocycles. The zero-order valence-electron chi connectivity index (χ0n) is 7.53. The maximum Gasteiger partial charge on any atom is 0.0939 e. The first kappa shape index (κ1) is 9.49. The van der Waals surface area contributed by atoms with Gasteiger partial charge >= 0.3 is 0 Å². The Hall–Kier alpha value is -0.0600. The minimum absolute atomic E-state index is 0.578. The maximum atomic E-state index is 5.51. The van der Waals surface area contributed by atoms with Gasteiger partial charge in [0.25, 0.3) is 0 Å². The first-order valence-electron chi connectivity index (χ1n) is 4.63. The molecule has 2 rings (SSSR count). The van der Waals surface area contributed by atoms with Crippen LogP contribution in [0.2, 0.25) is 0 Å². The summed E-state index contributed by atoms with van der Waals surface area (Å²) in [6, 6.07) is 0. The smallest absolute Gasteiger partial charge is 0.0939 e. The average Bonchev–Trinajstić information content (AvgIpc) is 2.76. The van der Waals surface area contributed by atoms with Gasteiger partial charge in [-0.2, -0.15) is 11.8 Å². The van der Waals surface area contributed by atoms with Gasteiger partial charge in [-0.1, -0.05) is 0 Å². The molecule has 1 aromatic rings. The first-order chi connectivity index (χ1) is 6.38. The van der Waals surface area contributed by atoms with Gasteiger partial charge < -0.3 is 5.73 Å². The van der Waals surface area contributed by atoms with Crippen LogP contribution >= 0.6 is 23.1 Å².